The highest BCUT2D eigenvalue weighted by atomic mass is 19.1. The molecule has 0 saturated heterocycles. The van der Waals surface area contributed by atoms with E-state index in [2.05, 4.69) is 39.7 Å². The zero-order chi connectivity index (χ0) is 17.5. The molecule has 132 valence electrons. The van der Waals surface area contributed by atoms with Crippen LogP contribution in [0.3, 0.4) is 0 Å². The number of hydrogen-bond donors (Lipinski definition) is 2. The molecule has 0 atom stereocenters. The first-order chi connectivity index (χ1) is 12.2. The van der Waals surface area contributed by atoms with Crippen LogP contribution >= 0.6 is 0 Å². The minimum absolute atomic E-state index is 0.272. The lowest BCUT2D eigenvalue weighted by Crippen LogP contribution is -2.42. The van der Waals surface area contributed by atoms with E-state index in [0.717, 1.165) is 36.6 Å². The van der Waals surface area contributed by atoms with Crippen molar-refractivity contribution in [1.29, 1.82) is 0 Å². The summed E-state index contributed by atoms with van der Waals surface area (Å²) >= 11 is 0. The minimum Gasteiger partial charge on any atom is -0.444 e. The van der Waals surface area contributed by atoms with Crippen LogP contribution in [0.5, 0.6) is 0 Å². The number of halogens is 1. The number of nitrogens with one attached hydrogen (secondary N) is 2. The van der Waals surface area contributed by atoms with Crippen LogP contribution < -0.4 is 10.6 Å². The molecule has 1 heterocycles. The van der Waals surface area contributed by atoms with Crippen LogP contribution in [-0.4, -0.2) is 30.1 Å². The summed E-state index contributed by atoms with van der Waals surface area (Å²) in [5, 5.41) is 6.70. The van der Waals surface area contributed by atoms with E-state index < -0.39 is 0 Å². The van der Waals surface area contributed by atoms with Crippen molar-refractivity contribution in [3.8, 4) is 11.5 Å². The number of guanidine groups is 1. The van der Waals surface area contributed by atoms with Crippen molar-refractivity contribution >= 4 is 5.96 Å². The molecule has 1 aromatic heterocycles. The van der Waals surface area contributed by atoms with Crippen LogP contribution in [0, 0.1) is 5.82 Å². The van der Waals surface area contributed by atoms with Crippen LogP contribution in [0.15, 0.2) is 52.1 Å². The zero-order valence-corrected chi connectivity index (χ0v) is 14.3. The maximum Gasteiger partial charge on any atom is 0.226 e. The normalized spacial score (nSPS) is 14.9. The molecule has 0 spiro atoms. The van der Waals surface area contributed by atoms with Crippen LogP contribution in [0.2, 0.25) is 0 Å². The first-order valence-electron chi connectivity index (χ1n) is 8.65. The zero-order valence-electron chi connectivity index (χ0n) is 14.3. The highest BCUT2D eigenvalue weighted by Gasteiger charge is 2.11. The summed E-state index contributed by atoms with van der Waals surface area (Å²) in [6.07, 6.45) is 8.77. The highest BCUT2D eigenvalue weighted by molar-refractivity contribution is 5.80. The highest BCUT2D eigenvalue weighted by Crippen LogP contribution is 2.19. The van der Waals surface area contributed by atoms with Crippen LogP contribution in [-0.2, 0) is 6.42 Å². The summed E-state index contributed by atoms with van der Waals surface area (Å²) in [5.74, 6) is 1.06. The average Bonchev–Trinajstić information content (AvgIpc) is 3.28. The number of aromatic nitrogens is 1. The van der Waals surface area contributed by atoms with Crippen molar-refractivity contribution in [2.45, 2.75) is 32.2 Å². The summed E-state index contributed by atoms with van der Waals surface area (Å²) in [6, 6.07) is 6.54. The molecule has 0 radical (unpaired) electrons. The van der Waals surface area contributed by atoms with E-state index in [9.17, 15) is 4.39 Å². The fourth-order valence-electron chi connectivity index (χ4n) is 2.68. The van der Waals surface area contributed by atoms with Gasteiger partial charge in [-0.2, -0.15) is 0 Å². The average molecular weight is 342 g/mol. The van der Waals surface area contributed by atoms with Gasteiger partial charge in [0.1, 0.15) is 12.1 Å². The largest absolute Gasteiger partial charge is 0.444 e. The van der Waals surface area contributed by atoms with Gasteiger partial charge in [0.2, 0.25) is 5.89 Å². The summed E-state index contributed by atoms with van der Waals surface area (Å²) in [7, 11) is 0. The Morgan fingerprint density at radius 2 is 2.04 bits per heavy atom. The van der Waals surface area contributed by atoms with Crippen molar-refractivity contribution in [3.05, 3.63) is 54.2 Å². The van der Waals surface area contributed by atoms with Gasteiger partial charge in [0.25, 0.3) is 0 Å². The minimum atomic E-state index is -0.272. The van der Waals surface area contributed by atoms with Gasteiger partial charge in [-0.25, -0.2) is 9.37 Å². The third-order valence-corrected chi connectivity index (χ3v) is 3.97. The van der Waals surface area contributed by atoms with Crippen molar-refractivity contribution < 1.29 is 8.81 Å². The Hall–Kier alpha value is -2.63. The molecule has 0 aliphatic heterocycles. The molecule has 2 aromatic rings. The molecule has 5 nitrogen and oxygen atoms in total. The second-order valence-corrected chi connectivity index (χ2v) is 5.95. The summed E-state index contributed by atoms with van der Waals surface area (Å²) in [6.45, 7) is 3.49. The predicted molar refractivity (Wildman–Crippen MR) is 96.9 cm³/mol. The van der Waals surface area contributed by atoms with Crippen molar-refractivity contribution in [2.24, 2.45) is 4.99 Å². The molecule has 1 aromatic carbocycles. The maximum atomic E-state index is 13.0. The Bertz CT molecular complexity index is 728. The third-order valence-electron chi connectivity index (χ3n) is 3.97. The van der Waals surface area contributed by atoms with Gasteiger partial charge in [-0.3, -0.25) is 4.99 Å². The molecule has 0 fully saturated rings. The lowest BCUT2D eigenvalue weighted by Gasteiger charge is -2.16. The quantitative estimate of drug-likeness (QED) is 0.480. The Labute approximate surface area is 147 Å². The van der Waals surface area contributed by atoms with E-state index in [-0.39, 0.29) is 5.82 Å². The first kappa shape index (κ1) is 17.2. The third kappa shape index (κ3) is 4.92. The molecule has 0 saturated carbocycles. The standard InChI is InChI=1S/C19H23FN4O/c1-2-21-19(24-16-5-3-4-6-16)22-12-11-17-13-25-18(23-17)14-7-9-15(20)10-8-14/h3-4,7-10,13,16H,2,5-6,11-12H2,1H3,(H2,21,22,24). The van der Waals surface area contributed by atoms with E-state index in [0.29, 0.717) is 24.9 Å². The van der Waals surface area contributed by atoms with Gasteiger partial charge < -0.3 is 15.1 Å². The number of hydrogen-bond acceptors (Lipinski definition) is 3. The van der Waals surface area contributed by atoms with Gasteiger partial charge in [-0.1, -0.05) is 12.2 Å². The SMILES string of the molecule is CCNC(=NCCc1coc(-c2ccc(F)cc2)n1)NC1CC=CC1. The Balaban J connectivity index is 1.55. The van der Waals surface area contributed by atoms with Gasteiger partial charge in [0.15, 0.2) is 5.96 Å². The van der Waals surface area contributed by atoms with Gasteiger partial charge >= 0.3 is 0 Å². The van der Waals surface area contributed by atoms with Crippen LogP contribution in [0.25, 0.3) is 11.5 Å². The van der Waals surface area contributed by atoms with Crippen LogP contribution in [0.1, 0.15) is 25.5 Å². The molecular formula is C19H23FN4O. The smallest absolute Gasteiger partial charge is 0.226 e. The molecule has 25 heavy (non-hydrogen) atoms. The summed E-state index contributed by atoms with van der Waals surface area (Å²) < 4.78 is 18.5. The fraction of sp³-hybridized carbons (Fsp3) is 0.368. The van der Waals surface area contributed by atoms with Gasteiger partial charge in [-0.05, 0) is 44.0 Å². The number of benzene rings is 1. The summed E-state index contributed by atoms with van der Waals surface area (Å²) in [4.78, 5) is 9.05. The van der Waals surface area contributed by atoms with E-state index in [4.69, 9.17) is 4.42 Å². The summed E-state index contributed by atoms with van der Waals surface area (Å²) in [5.41, 5.74) is 1.60. The molecule has 6 heteroatoms. The number of rotatable bonds is 6. The van der Waals surface area contributed by atoms with E-state index >= 15 is 0 Å². The Morgan fingerprint density at radius 1 is 1.28 bits per heavy atom. The monoisotopic (exact) mass is 342 g/mol. The van der Waals surface area contributed by atoms with Gasteiger partial charge in [0.05, 0.1) is 5.69 Å². The molecule has 1 aliphatic carbocycles. The molecule has 3 rings (SSSR count). The lowest BCUT2D eigenvalue weighted by atomic mass is 10.2. The first-order valence-corrected chi connectivity index (χ1v) is 8.65. The Morgan fingerprint density at radius 3 is 2.76 bits per heavy atom. The second kappa shape index (κ2) is 8.46. The topological polar surface area (TPSA) is 62.5 Å². The van der Waals surface area contributed by atoms with Crippen molar-refractivity contribution in [1.82, 2.24) is 15.6 Å². The number of nitrogens with zero attached hydrogens (tertiary/aromatic N) is 2. The number of oxazole rings is 1. The van der Waals surface area contributed by atoms with Crippen molar-refractivity contribution in [3.63, 3.8) is 0 Å². The Kier molecular flexibility index (Phi) is 5.82. The molecule has 0 unspecified atom stereocenters. The van der Waals surface area contributed by atoms with Crippen LogP contribution in [0.4, 0.5) is 4.39 Å². The molecule has 1 aliphatic rings. The lowest BCUT2D eigenvalue weighted by molar-refractivity contribution is 0.572. The maximum absolute atomic E-state index is 13.0. The molecule has 0 amide bonds. The predicted octanol–water partition coefficient (Wildman–Crippen LogP) is 3.30. The van der Waals surface area contributed by atoms with E-state index in [1.807, 2.05) is 0 Å². The van der Waals surface area contributed by atoms with Gasteiger partial charge in [-0.15, -0.1) is 0 Å². The molecule has 2 N–H and O–H groups in total. The van der Waals surface area contributed by atoms with Crippen molar-refractivity contribution in [2.75, 3.05) is 13.1 Å². The second-order valence-electron chi connectivity index (χ2n) is 5.95. The fourth-order valence-corrected chi connectivity index (χ4v) is 2.68. The molecular weight excluding hydrogens is 319 g/mol. The van der Waals surface area contributed by atoms with E-state index in [1.165, 1.54) is 12.1 Å². The number of aliphatic imine (C=N–C) groups is 1. The molecule has 0 bridgehead atoms. The van der Waals surface area contributed by atoms with Gasteiger partial charge in [0, 0.05) is 31.1 Å². The van der Waals surface area contributed by atoms with E-state index in [1.54, 1.807) is 18.4 Å².